The van der Waals surface area contributed by atoms with E-state index in [1.165, 1.54) is 0 Å². The van der Waals surface area contributed by atoms with Gasteiger partial charge in [0, 0.05) is 13.1 Å². The van der Waals surface area contributed by atoms with Gasteiger partial charge in [-0.3, -0.25) is 4.90 Å². The van der Waals surface area contributed by atoms with Crippen LogP contribution < -0.4 is 0 Å². The van der Waals surface area contributed by atoms with Gasteiger partial charge in [0.25, 0.3) is 0 Å². The third-order valence-electron chi connectivity index (χ3n) is 3.36. The molecule has 0 radical (unpaired) electrons. The van der Waals surface area contributed by atoms with Gasteiger partial charge >= 0.3 is 0 Å². The van der Waals surface area contributed by atoms with E-state index in [9.17, 15) is 5.11 Å². The quantitative estimate of drug-likeness (QED) is 0.856. The van der Waals surface area contributed by atoms with Crippen molar-refractivity contribution in [1.82, 2.24) is 14.7 Å². The molecular weight excluding hydrogens is 254 g/mol. The summed E-state index contributed by atoms with van der Waals surface area (Å²) in [5.74, 6) is 0.455. The van der Waals surface area contributed by atoms with E-state index in [-0.39, 0.29) is 6.10 Å². The number of aryl methyl sites for hydroxylation is 1. The summed E-state index contributed by atoms with van der Waals surface area (Å²) < 4.78 is 2.75. The average molecular weight is 273 g/mol. The Morgan fingerprint density at radius 3 is 2.65 bits per heavy atom. The summed E-state index contributed by atoms with van der Waals surface area (Å²) in [4.78, 5) is 2.36. The Morgan fingerprint density at radius 1 is 1.53 bits per heavy atom. The van der Waals surface area contributed by atoms with Gasteiger partial charge < -0.3 is 5.11 Å². The normalized spacial score (nSPS) is 20.6. The molecule has 6 heteroatoms. The van der Waals surface area contributed by atoms with Crippen LogP contribution in [0.2, 0.25) is 0 Å². The number of piperidine rings is 1. The van der Waals surface area contributed by atoms with Gasteiger partial charge in [0.1, 0.15) is 5.01 Å². The van der Waals surface area contributed by atoms with Gasteiger partial charge in [0.2, 0.25) is 0 Å². The smallest absolute Gasteiger partial charge is 0.180 e. The molecule has 0 amide bonds. The van der Waals surface area contributed by atoms with Gasteiger partial charge in [0.05, 0.1) is 12.8 Å². The molecule has 17 heavy (non-hydrogen) atoms. The first kappa shape index (κ1) is 13.1. The molecular formula is C11H19N3OS2. The molecule has 0 aliphatic carbocycles. The predicted molar refractivity (Wildman–Crippen MR) is 71.7 cm³/mol. The van der Waals surface area contributed by atoms with Gasteiger partial charge in [-0.15, -0.1) is 0 Å². The Balaban J connectivity index is 1.90. The summed E-state index contributed by atoms with van der Waals surface area (Å²) in [5.41, 5.74) is 0. The lowest BCUT2D eigenvalue weighted by atomic mass is 9.92. The predicted octanol–water partition coefficient (Wildman–Crippen LogP) is 2.03. The highest BCUT2D eigenvalue weighted by Crippen LogP contribution is 2.21. The number of nitrogens with zero attached hydrogens (tertiary/aromatic N) is 3. The summed E-state index contributed by atoms with van der Waals surface area (Å²) in [6, 6.07) is 0. The molecule has 2 heterocycles. The Kier molecular flexibility index (Phi) is 4.30. The van der Waals surface area contributed by atoms with Gasteiger partial charge in [0.15, 0.2) is 3.95 Å². The maximum absolute atomic E-state index is 9.55. The Hall–Kier alpha value is -0.300. The minimum Gasteiger partial charge on any atom is -0.393 e. The average Bonchev–Trinajstić information content (AvgIpc) is 2.58. The molecule has 1 atom stereocenters. The van der Waals surface area contributed by atoms with Gasteiger partial charge in [-0.05, 0) is 44.8 Å². The minimum absolute atomic E-state index is 0.180. The lowest BCUT2D eigenvalue weighted by molar-refractivity contribution is 0.0593. The number of hydrogen-bond donors (Lipinski definition) is 1. The van der Waals surface area contributed by atoms with Crippen molar-refractivity contribution in [3.05, 3.63) is 8.96 Å². The van der Waals surface area contributed by atoms with Gasteiger partial charge in [-0.1, -0.05) is 11.3 Å². The van der Waals surface area contributed by atoms with E-state index in [1.807, 2.05) is 18.5 Å². The standard InChI is InChI=1S/C11H19N3OS2/c1-8(15)10-3-5-13(6-4-10)7-14-11(16)17-9(2)12-14/h8,10,15H,3-7H2,1-2H3. The SMILES string of the molecule is Cc1nn(CN2CCC(C(C)O)CC2)c(=S)s1. The van der Waals surface area contributed by atoms with Crippen LogP contribution in [0, 0.1) is 16.8 Å². The summed E-state index contributed by atoms with van der Waals surface area (Å²) in [7, 11) is 0. The maximum atomic E-state index is 9.55. The summed E-state index contributed by atoms with van der Waals surface area (Å²) in [5, 5.41) is 15.0. The second kappa shape index (κ2) is 5.56. The molecule has 1 aromatic heterocycles. The Labute approximate surface area is 111 Å². The molecule has 1 aliphatic heterocycles. The second-order valence-electron chi connectivity index (χ2n) is 4.72. The zero-order valence-electron chi connectivity index (χ0n) is 10.3. The summed E-state index contributed by atoms with van der Waals surface area (Å²) in [6.45, 7) is 6.70. The van der Waals surface area contributed by atoms with Crippen LogP contribution in [0.1, 0.15) is 24.8 Å². The van der Waals surface area contributed by atoms with Crippen molar-refractivity contribution in [1.29, 1.82) is 0 Å². The van der Waals surface area contributed by atoms with Crippen LogP contribution in [0.15, 0.2) is 0 Å². The van der Waals surface area contributed by atoms with E-state index in [2.05, 4.69) is 10.00 Å². The topological polar surface area (TPSA) is 41.3 Å². The highest BCUT2D eigenvalue weighted by molar-refractivity contribution is 7.73. The molecule has 1 aromatic rings. The van der Waals surface area contributed by atoms with Crippen molar-refractivity contribution in [3.63, 3.8) is 0 Å². The van der Waals surface area contributed by atoms with Crippen LogP contribution >= 0.6 is 23.6 Å². The third kappa shape index (κ3) is 3.34. The summed E-state index contributed by atoms with van der Waals surface area (Å²) in [6.07, 6.45) is 1.95. The maximum Gasteiger partial charge on any atom is 0.180 e. The fourth-order valence-electron chi connectivity index (χ4n) is 2.27. The van der Waals surface area contributed by atoms with Crippen LogP contribution in [0.4, 0.5) is 0 Å². The Bertz CT molecular complexity index is 419. The monoisotopic (exact) mass is 273 g/mol. The van der Waals surface area contributed by atoms with Gasteiger partial charge in [-0.2, -0.15) is 5.10 Å². The van der Waals surface area contributed by atoms with Crippen LogP contribution in [0.5, 0.6) is 0 Å². The molecule has 1 aliphatic rings. The van der Waals surface area contributed by atoms with E-state index >= 15 is 0 Å². The van der Waals surface area contributed by atoms with E-state index in [4.69, 9.17) is 12.2 Å². The van der Waals surface area contributed by atoms with Crippen LogP contribution in [0.3, 0.4) is 0 Å². The van der Waals surface area contributed by atoms with E-state index in [0.29, 0.717) is 5.92 Å². The van der Waals surface area contributed by atoms with Crippen molar-refractivity contribution in [3.8, 4) is 0 Å². The first-order valence-electron chi connectivity index (χ1n) is 6.01. The van der Waals surface area contributed by atoms with Gasteiger partial charge in [-0.25, -0.2) is 4.68 Å². The highest BCUT2D eigenvalue weighted by atomic mass is 32.1. The molecule has 4 nitrogen and oxygen atoms in total. The zero-order valence-corrected chi connectivity index (χ0v) is 11.9. The molecule has 1 N–H and O–H groups in total. The molecule has 1 fully saturated rings. The van der Waals surface area contributed by atoms with Crippen molar-refractivity contribution < 1.29 is 5.11 Å². The number of aliphatic hydroxyl groups is 1. The Morgan fingerprint density at radius 2 is 2.18 bits per heavy atom. The van der Waals surface area contributed by atoms with E-state index in [1.54, 1.807) is 11.3 Å². The molecule has 1 unspecified atom stereocenters. The third-order valence-corrected chi connectivity index (χ3v) is 4.58. The first-order chi connectivity index (χ1) is 8.06. The van der Waals surface area contributed by atoms with E-state index < -0.39 is 0 Å². The second-order valence-corrected chi connectivity index (χ2v) is 6.55. The molecule has 0 aromatic carbocycles. The van der Waals surface area contributed by atoms with E-state index in [0.717, 1.165) is 41.6 Å². The molecule has 2 rings (SSSR count). The lowest BCUT2D eigenvalue weighted by Gasteiger charge is -2.32. The number of likely N-dealkylation sites (tertiary alicyclic amines) is 1. The van der Waals surface area contributed by atoms with Crippen molar-refractivity contribution in [2.75, 3.05) is 13.1 Å². The first-order valence-corrected chi connectivity index (χ1v) is 7.23. The lowest BCUT2D eigenvalue weighted by Crippen LogP contribution is -2.38. The largest absolute Gasteiger partial charge is 0.393 e. The molecule has 0 saturated carbocycles. The van der Waals surface area contributed by atoms with Crippen molar-refractivity contribution >= 4 is 23.6 Å². The number of aromatic nitrogens is 2. The fraction of sp³-hybridized carbons (Fsp3) is 0.818. The van der Waals surface area contributed by atoms with Crippen molar-refractivity contribution in [2.24, 2.45) is 5.92 Å². The number of hydrogen-bond acceptors (Lipinski definition) is 5. The zero-order chi connectivity index (χ0) is 12.4. The number of rotatable bonds is 3. The molecule has 96 valence electrons. The minimum atomic E-state index is -0.180. The van der Waals surface area contributed by atoms with Crippen LogP contribution in [-0.2, 0) is 6.67 Å². The molecule has 0 spiro atoms. The van der Waals surface area contributed by atoms with Crippen molar-refractivity contribution in [2.45, 2.75) is 39.5 Å². The van der Waals surface area contributed by atoms with Crippen LogP contribution in [-0.4, -0.2) is 39.0 Å². The fourth-order valence-corrected chi connectivity index (χ4v) is 3.32. The highest BCUT2D eigenvalue weighted by Gasteiger charge is 2.22. The number of aliphatic hydroxyl groups excluding tert-OH is 1. The van der Waals surface area contributed by atoms with Crippen LogP contribution in [0.25, 0.3) is 0 Å². The molecule has 1 saturated heterocycles. The summed E-state index contributed by atoms with van der Waals surface area (Å²) >= 11 is 6.82. The molecule has 0 bridgehead atoms.